The Balaban J connectivity index is 0.000000298. The quantitative estimate of drug-likeness (QED) is 0.0122. The van der Waals surface area contributed by atoms with Gasteiger partial charge in [-0.25, -0.2) is 9.59 Å². The first-order valence-corrected chi connectivity index (χ1v) is 44.1. The Kier molecular flexibility index (Phi) is 34.3. The monoisotopic (exact) mass is 1510 g/mol. The topological polar surface area (TPSA) is 124 Å². The van der Waals surface area contributed by atoms with E-state index in [4.69, 9.17) is 27.4 Å². The molecule has 8 aromatic rings. The fourth-order valence-corrected chi connectivity index (χ4v) is 26.1. The van der Waals surface area contributed by atoms with Crippen molar-refractivity contribution in [2.24, 2.45) is 11.8 Å². The van der Waals surface area contributed by atoms with Crippen LogP contribution in [-0.4, -0.2) is 91.1 Å². The number of Topliss-reactive ketones (excluding diaryl/α,β-unsaturated/α-hetero) is 2. The van der Waals surface area contributed by atoms with Gasteiger partial charge in [0.1, 0.15) is 12.2 Å². The molecule has 0 aromatic heterocycles. The van der Waals surface area contributed by atoms with Gasteiger partial charge in [-0.05, 0) is 202 Å². The fourth-order valence-electron chi connectivity index (χ4n) is 15.0. The lowest BCUT2D eigenvalue weighted by molar-refractivity contribution is 0.0276. The van der Waals surface area contributed by atoms with E-state index < -0.39 is 28.8 Å². The van der Waals surface area contributed by atoms with Crippen LogP contribution in [0.4, 0.5) is 0 Å². The molecule has 568 valence electrons. The number of allylic oxidation sites excluding steroid dienone is 1. The van der Waals surface area contributed by atoms with Gasteiger partial charge in [-0.1, -0.05) is 272 Å². The van der Waals surface area contributed by atoms with Crippen LogP contribution >= 0.6 is 17.6 Å². The average Bonchev–Trinajstić information content (AvgIpc) is 0.749. The number of carbonyl (C=O) groups excluding carboxylic acids is 4. The number of hydrogen-bond acceptors (Lipinski definition) is 10. The molecule has 0 aliphatic heterocycles. The van der Waals surface area contributed by atoms with Crippen molar-refractivity contribution in [3.63, 3.8) is 0 Å². The van der Waals surface area contributed by atoms with Crippen LogP contribution in [0.25, 0.3) is 6.08 Å². The minimum absolute atomic E-state index is 0.0151. The summed E-state index contributed by atoms with van der Waals surface area (Å²) in [7, 11) is -1.47. The van der Waals surface area contributed by atoms with Crippen LogP contribution in [0, 0.1) is 39.5 Å². The molecule has 0 fully saturated rings. The van der Waals surface area contributed by atoms with E-state index in [-0.39, 0.29) is 81.2 Å². The first-order chi connectivity index (χ1) is 51.1. The maximum atomic E-state index is 13.5. The Morgan fingerprint density at radius 2 is 0.804 bits per heavy atom. The minimum atomic E-state index is -2.73. The zero-order chi connectivity index (χ0) is 77.7. The summed E-state index contributed by atoms with van der Waals surface area (Å²) in [4.78, 5) is 52.1. The normalized spacial score (nSPS) is 14.4. The molecular weight excluding hydrogens is 1400 g/mol. The van der Waals surface area contributed by atoms with E-state index in [1.807, 2.05) is 56.3 Å². The highest BCUT2D eigenvalue weighted by molar-refractivity contribution is 7.32. The van der Waals surface area contributed by atoms with Gasteiger partial charge >= 0.3 is 11.9 Å². The van der Waals surface area contributed by atoms with Crippen LogP contribution in [0.2, 0.25) is 10.1 Å². The molecule has 0 aliphatic rings. The zero-order valence-electron chi connectivity index (χ0n) is 66.6. The number of esters is 2. The smallest absolute Gasteiger partial charge is 0.338 e. The maximum absolute atomic E-state index is 13.5. The molecule has 0 radical (unpaired) electrons. The van der Waals surface area contributed by atoms with Gasteiger partial charge in [0.2, 0.25) is 0 Å². The third-order valence-corrected chi connectivity index (χ3v) is 32.3. The summed E-state index contributed by atoms with van der Waals surface area (Å²) in [5, 5.41) is 4.72. The van der Waals surface area contributed by atoms with E-state index in [2.05, 4.69) is 252 Å². The SMILES string of the molecule is COPC[C@@H](CC/C=C/c1cc(C)cc(C)c1C(C)=O)C(/C=C\C[C@H](C)O[Si](c1ccccc1)(c1ccccc1)C(C)(C)C)OC(=O)c1ccccc1.COPC[C@@H](CCCC(C)c1cc(C)cc(C)c1C(C)=O)C(/C=C\C[C@H](C)O[Si](c1ccccc1)(c1ccccc1)C(C)(C)C)OC(=O)c1ccccc1. The lowest BCUT2D eigenvalue weighted by atomic mass is 9.85. The lowest BCUT2D eigenvalue weighted by Crippen LogP contribution is -2.67. The molecule has 107 heavy (non-hydrogen) atoms. The van der Waals surface area contributed by atoms with Crippen LogP contribution in [0.5, 0.6) is 0 Å². The standard InChI is InChI=1S/C47H61O5PSi.C46H57O5PSi/c1-34-31-36(3)45(38(5)48)43(32-34)35(2)21-19-25-40(33-53-50-9)44(51-46(49)39-23-13-10-14-24-39)30-20-22-37(4)52-54(47(6,7)8,41-26-15-11-16-27-41)42-28-17-12-18-29-42;1-34-31-35(2)44(37(4)47)39(32-34)24-18-19-25-40(33-52-49-8)43(50-45(48)38-22-12-9-13-23-38)30-20-21-36(3)51-53(46(5,6)7,41-26-14-10-15-27-41)42-28-16-11-17-29-42/h10-18,20,23-24,26-32,35,37,40,44,53H,19,21-22,25,33H2,1-9H3;9-18,20,22-24,26-32,36,40,43,52H,19,21,25,33H2,1-8H3/b30-20-;24-18+,30-20-/t35?,37-,40+,44?;36-,40+,43?/m00/s1. The second-order valence-corrected chi connectivity index (χ2v) is 41.3. The Bertz CT molecular complexity index is 4080. The van der Waals surface area contributed by atoms with Crippen LogP contribution in [0.15, 0.2) is 237 Å². The summed E-state index contributed by atoms with van der Waals surface area (Å²) < 4.78 is 38.5. The maximum Gasteiger partial charge on any atom is 0.338 e. The lowest BCUT2D eigenvalue weighted by Gasteiger charge is -2.44. The zero-order valence-corrected chi connectivity index (χ0v) is 70.6. The summed E-state index contributed by atoms with van der Waals surface area (Å²) in [5.41, 5.74) is 9.04. The van der Waals surface area contributed by atoms with Crippen molar-refractivity contribution in [1.82, 2.24) is 0 Å². The van der Waals surface area contributed by atoms with Gasteiger partial charge in [0, 0.05) is 67.0 Å². The number of ether oxygens (including phenoxy) is 2. The summed E-state index contributed by atoms with van der Waals surface area (Å²) in [6, 6.07) is 69.6. The van der Waals surface area contributed by atoms with Gasteiger partial charge in [-0.3, -0.25) is 9.59 Å². The average molecular weight is 1510 g/mol. The van der Waals surface area contributed by atoms with E-state index in [1.54, 1.807) is 52.3 Å². The second kappa shape index (κ2) is 42.4. The van der Waals surface area contributed by atoms with Gasteiger partial charge in [-0.2, -0.15) is 0 Å². The summed E-state index contributed by atoms with van der Waals surface area (Å²) in [5.74, 6) is -0.220. The molecule has 0 N–H and O–H groups in total. The number of hydrogen-bond donors (Lipinski definition) is 0. The Morgan fingerprint density at radius 1 is 0.449 bits per heavy atom. The number of benzene rings is 8. The molecular formula is C93H118O10P2Si2. The minimum Gasteiger partial charge on any atom is -0.454 e. The molecule has 0 aliphatic carbocycles. The van der Waals surface area contributed by atoms with Crippen LogP contribution in [0.3, 0.4) is 0 Å². The molecule has 9 atom stereocenters. The van der Waals surface area contributed by atoms with Crippen LogP contribution in [-0.2, 0) is 27.4 Å². The van der Waals surface area contributed by atoms with E-state index >= 15 is 0 Å². The van der Waals surface area contributed by atoms with Crippen LogP contribution < -0.4 is 20.7 Å². The van der Waals surface area contributed by atoms with E-state index in [1.165, 1.54) is 26.3 Å². The molecule has 14 heteroatoms. The molecule has 8 aromatic carbocycles. The third kappa shape index (κ3) is 24.4. The summed E-state index contributed by atoms with van der Waals surface area (Å²) >= 11 is 0. The van der Waals surface area contributed by atoms with Crippen molar-refractivity contribution >= 4 is 84.6 Å². The van der Waals surface area contributed by atoms with Crippen molar-refractivity contribution < 1.29 is 46.6 Å². The van der Waals surface area contributed by atoms with E-state index in [9.17, 15) is 19.2 Å². The highest BCUT2D eigenvalue weighted by Crippen LogP contribution is 2.40. The third-order valence-electron chi connectivity index (χ3n) is 20.1. The van der Waals surface area contributed by atoms with Crippen LogP contribution in [0.1, 0.15) is 202 Å². The van der Waals surface area contributed by atoms with Crippen molar-refractivity contribution in [1.29, 1.82) is 0 Å². The molecule has 0 heterocycles. The van der Waals surface area contributed by atoms with Gasteiger partial charge in [-0.15, -0.1) is 0 Å². The summed E-state index contributed by atoms with van der Waals surface area (Å²) in [6.45, 7) is 31.7. The Morgan fingerprint density at radius 3 is 1.17 bits per heavy atom. The highest BCUT2D eigenvalue weighted by atomic mass is 31.1. The Hall–Kier alpha value is -7.61. The second-order valence-electron chi connectivity index (χ2n) is 30.6. The fraction of sp³-hybridized carbons (Fsp3) is 0.376. The van der Waals surface area contributed by atoms with Gasteiger partial charge in [0.15, 0.2) is 11.6 Å². The summed E-state index contributed by atoms with van der Waals surface area (Å²) in [6.07, 6.45) is 18.6. The van der Waals surface area contributed by atoms with Crippen molar-refractivity contribution in [3.8, 4) is 0 Å². The highest BCUT2D eigenvalue weighted by Gasteiger charge is 2.52. The first-order valence-electron chi connectivity index (χ1n) is 38.0. The first kappa shape index (κ1) is 86.6. The van der Waals surface area contributed by atoms with Gasteiger partial charge < -0.3 is 27.4 Å². The predicted octanol–water partition coefficient (Wildman–Crippen LogP) is 21.1. The predicted molar refractivity (Wildman–Crippen MR) is 455 cm³/mol. The molecule has 8 rings (SSSR count). The molecule has 0 amide bonds. The van der Waals surface area contributed by atoms with E-state index in [0.717, 1.165) is 83.4 Å². The van der Waals surface area contributed by atoms with Gasteiger partial charge in [0.25, 0.3) is 16.6 Å². The molecule has 0 saturated carbocycles. The number of ketones is 2. The number of carbonyl (C=O) groups is 4. The van der Waals surface area contributed by atoms with Gasteiger partial charge in [0.05, 0.1) is 11.1 Å². The van der Waals surface area contributed by atoms with Crippen molar-refractivity contribution in [3.05, 3.63) is 292 Å². The molecule has 0 spiro atoms. The van der Waals surface area contributed by atoms with E-state index in [0.29, 0.717) is 24.0 Å². The van der Waals surface area contributed by atoms with Crippen molar-refractivity contribution in [2.75, 3.05) is 26.5 Å². The molecule has 5 unspecified atom stereocenters. The number of aryl methyl sites for hydroxylation is 4. The molecule has 0 bridgehead atoms. The molecule has 0 saturated heterocycles. The largest absolute Gasteiger partial charge is 0.454 e. The van der Waals surface area contributed by atoms with Crippen molar-refractivity contribution in [2.45, 2.75) is 189 Å². The number of rotatable bonds is 37. The molecule has 10 nitrogen and oxygen atoms in total. The Labute approximate surface area is 647 Å².